The molecule has 1 aromatic carbocycles. The number of nitrogens with two attached hydrogens (primary N) is 1. The molecule has 2 aromatic rings. The quantitative estimate of drug-likeness (QED) is 0.794. The average Bonchev–Trinajstić information content (AvgIpc) is 2.95. The van der Waals surface area contributed by atoms with Crippen LogP contribution in [0.3, 0.4) is 0 Å². The van der Waals surface area contributed by atoms with Crippen LogP contribution in [0, 0.1) is 5.41 Å². The number of hydrogen-bond acceptors (Lipinski definition) is 6. The van der Waals surface area contributed by atoms with Gasteiger partial charge in [0.15, 0.2) is 0 Å². The van der Waals surface area contributed by atoms with Crippen molar-refractivity contribution < 1.29 is 9.63 Å². The maximum Gasteiger partial charge on any atom is 0.332 e. The van der Waals surface area contributed by atoms with Gasteiger partial charge in [-0.05, 0) is 42.7 Å². The smallest absolute Gasteiger partial charge is 0.332 e. The number of halogens is 1. The van der Waals surface area contributed by atoms with E-state index in [9.17, 15) is 4.79 Å². The van der Waals surface area contributed by atoms with E-state index in [1.165, 1.54) is 5.56 Å². The Kier molecular flexibility index (Phi) is 3.58. The van der Waals surface area contributed by atoms with Crippen molar-refractivity contribution >= 4 is 27.8 Å². The van der Waals surface area contributed by atoms with Crippen molar-refractivity contribution in [3.05, 3.63) is 52.3 Å². The van der Waals surface area contributed by atoms with Crippen LogP contribution in [0.2, 0.25) is 0 Å². The van der Waals surface area contributed by atoms with Crippen LogP contribution < -0.4 is 10.8 Å². The normalized spacial score (nSPS) is 27.7. The van der Waals surface area contributed by atoms with Gasteiger partial charge in [-0.2, -0.15) is 5.90 Å². The highest BCUT2D eigenvalue weighted by molar-refractivity contribution is 9.10. The van der Waals surface area contributed by atoms with Crippen molar-refractivity contribution in [2.45, 2.75) is 25.3 Å². The van der Waals surface area contributed by atoms with Crippen LogP contribution in [0.1, 0.15) is 24.0 Å². The topological polar surface area (TPSA) is 81.3 Å². The summed E-state index contributed by atoms with van der Waals surface area (Å²) < 4.78 is 0.948. The van der Waals surface area contributed by atoms with Crippen molar-refractivity contribution in [2.24, 2.45) is 11.3 Å². The number of fused-ring (bicyclic) bond motifs is 1. The van der Waals surface area contributed by atoms with Crippen molar-refractivity contribution in [1.29, 1.82) is 0 Å². The Morgan fingerprint density at radius 3 is 2.83 bits per heavy atom. The van der Waals surface area contributed by atoms with Crippen molar-refractivity contribution in [3.8, 4) is 0 Å². The van der Waals surface area contributed by atoms with E-state index in [0.29, 0.717) is 12.5 Å². The summed E-state index contributed by atoms with van der Waals surface area (Å²) in [6.07, 6.45) is 4.28. The summed E-state index contributed by atoms with van der Waals surface area (Å²) in [4.78, 5) is 27.9. The minimum absolute atomic E-state index is 0.107. The monoisotopic (exact) mass is 388 g/mol. The van der Waals surface area contributed by atoms with Gasteiger partial charge in [-0.25, -0.2) is 14.8 Å². The molecule has 2 heterocycles. The number of hydrogen-bond donors (Lipinski definition) is 1. The average molecular weight is 389 g/mol. The fraction of sp³-hybridized carbons (Fsp3) is 0.353. The number of rotatable bonds is 2. The minimum Gasteiger partial charge on any atom is -0.373 e. The maximum absolute atomic E-state index is 12.5. The Bertz CT molecular complexity index is 800. The molecule has 0 radical (unpaired) electrons. The second kappa shape index (κ2) is 5.53. The third-order valence-electron chi connectivity index (χ3n) is 5.44. The van der Waals surface area contributed by atoms with Crippen LogP contribution in [0.15, 0.2) is 41.1 Å². The first-order chi connectivity index (χ1) is 11.6. The predicted molar refractivity (Wildman–Crippen MR) is 92.1 cm³/mol. The van der Waals surface area contributed by atoms with E-state index in [4.69, 9.17) is 5.90 Å². The van der Waals surface area contributed by atoms with Crippen LogP contribution in [0.25, 0.3) is 0 Å². The van der Waals surface area contributed by atoms with Gasteiger partial charge in [0.2, 0.25) is 5.95 Å². The van der Waals surface area contributed by atoms with Crippen molar-refractivity contribution in [1.82, 2.24) is 9.97 Å². The Morgan fingerprint density at radius 2 is 2.17 bits per heavy atom. The van der Waals surface area contributed by atoms with Gasteiger partial charge in [-0.3, -0.25) is 0 Å². The van der Waals surface area contributed by atoms with Crippen LogP contribution in [0.5, 0.6) is 0 Å². The highest BCUT2D eigenvalue weighted by atomic mass is 79.9. The molecule has 7 heteroatoms. The van der Waals surface area contributed by atoms with Crippen LogP contribution in [0.4, 0.5) is 5.95 Å². The van der Waals surface area contributed by atoms with Gasteiger partial charge < -0.3 is 9.74 Å². The summed E-state index contributed by atoms with van der Waals surface area (Å²) in [6.45, 7) is 2.81. The molecule has 2 aliphatic rings. The first kappa shape index (κ1) is 15.5. The number of carbonyl (C=O) groups is 1. The highest BCUT2D eigenvalue weighted by Gasteiger charge is 2.62. The number of carbonyl (C=O) groups excluding carboxylic acids is 1. The Hall–Kier alpha value is -1.99. The zero-order chi connectivity index (χ0) is 16.9. The third kappa shape index (κ3) is 2.08. The molecule has 1 aliphatic carbocycles. The second-order valence-electron chi connectivity index (χ2n) is 6.48. The molecule has 0 saturated carbocycles. The lowest BCUT2D eigenvalue weighted by molar-refractivity contribution is -0.150. The SMILES string of the molecule is CC1N(c2ncccn2)CC12Cc1ccc(Br)cc1C2C(=O)ON. The van der Waals surface area contributed by atoms with Crippen LogP contribution in [-0.4, -0.2) is 28.5 Å². The number of benzene rings is 1. The molecular weight excluding hydrogens is 372 g/mol. The van der Waals surface area contributed by atoms with Gasteiger partial charge in [0.05, 0.1) is 5.92 Å². The molecule has 0 amide bonds. The summed E-state index contributed by atoms with van der Waals surface area (Å²) in [6, 6.07) is 7.97. The van der Waals surface area contributed by atoms with Crippen molar-refractivity contribution in [2.75, 3.05) is 11.4 Å². The maximum atomic E-state index is 12.5. The number of anilines is 1. The zero-order valence-corrected chi connectivity index (χ0v) is 14.7. The van der Waals surface area contributed by atoms with E-state index in [1.807, 2.05) is 12.1 Å². The van der Waals surface area contributed by atoms with E-state index in [0.717, 1.165) is 16.5 Å². The fourth-order valence-electron chi connectivity index (χ4n) is 4.20. The number of nitrogens with zero attached hydrogens (tertiary/aromatic N) is 3. The van der Waals surface area contributed by atoms with Gasteiger partial charge in [0, 0.05) is 34.9 Å². The van der Waals surface area contributed by atoms with Gasteiger partial charge in [-0.1, -0.05) is 22.0 Å². The van der Waals surface area contributed by atoms with E-state index in [1.54, 1.807) is 18.5 Å². The summed E-state index contributed by atoms with van der Waals surface area (Å²) >= 11 is 3.49. The second-order valence-corrected chi connectivity index (χ2v) is 7.39. The van der Waals surface area contributed by atoms with Gasteiger partial charge in [-0.15, -0.1) is 0 Å². The van der Waals surface area contributed by atoms with Crippen LogP contribution in [-0.2, 0) is 16.1 Å². The van der Waals surface area contributed by atoms with E-state index < -0.39 is 0 Å². The van der Waals surface area contributed by atoms with Gasteiger partial charge >= 0.3 is 5.97 Å². The van der Waals surface area contributed by atoms with Gasteiger partial charge in [0.25, 0.3) is 0 Å². The summed E-state index contributed by atoms with van der Waals surface area (Å²) in [5, 5.41) is 0. The van der Waals surface area contributed by atoms with Gasteiger partial charge in [0.1, 0.15) is 0 Å². The summed E-state index contributed by atoms with van der Waals surface area (Å²) in [5.41, 5.74) is 1.94. The van der Waals surface area contributed by atoms with E-state index in [2.05, 4.69) is 48.6 Å². The molecule has 24 heavy (non-hydrogen) atoms. The largest absolute Gasteiger partial charge is 0.373 e. The fourth-order valence-corrected chi connectivity index (χ4v) is 4.57. The highest BCUT2D eigenvalue weighted by Crippen LogP contribution is 2.57. The zero-order valence-electron chi connectivity index (χ0n) is 13.1. The standard InChI is InChI=1S/C17H17BrN4O2/c1-10-17(9-22(10)16-20-5-2-6-21-16)8-11-3-4-12(18)7-13(11)14(17)15(23)24-19/h2-7,10,14H,8-9,19H2,1H3. The molecule has 3 atom stereocenters. The molecule has 1 fully saturated rings. The van der Waals surface area contributed by atoms with Crippen molar-refractivity contribution in [3.63, 3.8) is 0 Å². The van der Waals surface area contributed by atoms with E-state index >= 15 is 0 Å². The number of aromatic nitrogens is 2. The molecule has 1 saturated heterocycles. The lowest BCUT2D eigenvalue weighted by Gasteiger charge is -2.56. The Labute approximate surface area is 148 Å². The molecular formula is C17H17BrN4O2. The molecule has 0 bridgehead atoms. The van der Waals surface area contributed by atoms with E-state index in [-0.39, 0.29) is 23.3 Å². The molecule has 124 valence electrons. The Balaban J connectivity index is 1.72. The summed E-state index contributed by atoms with van der Waals surface area (Å²) in [5.74, 6) is 5.17. The first-order valence-electron chi connectivity index (χ1n) is 7.79. The molecule has 1 aromatic heterocycles. The predicted octanol–water partition coefficient (Wildman–Crippen LogP) is 2.19. The summed E-state index contributed by atoms with van der Waals surface area (Å²) in [7, 11) is 0. The molecule has 1 spiro atoms. The van der Waals surface area contributed by atoms with Crippen LogP contribution >= 0.6 is 15.9 Å². The molecule has 4 rings (SSSR count). The Morgan fingerprint density at radius 1 is 1.42 bits per heavy atom. The minimum atomic E-state index is -0.382. The molecule has 6 nitrogen and oxygen atoms in total. The lowest BCUT2D eigenvalue weighted by Crippen LogP contribution is -2.67. The molecule has 2 N–H and O–H groups in total. The lowest BCUT2D eigenvalue weighted by atomic mass is 9.64. The molecule has 3 unspecified atom stereocenters. The molecule has 1 aliphatic heterocycles. The third-order valence-corrected chi connectivity index (χ3v) is 5.93. The first-order valence-corrected chi connectivity index (χ1v) is 8.58.